The number of nitrogens with zero attached hydrogens (tertiary/aromatic N) is 3. The summed E-state index contributed by atoms with van der Waals surface area (Å²) in [5.74, 6) is 0.365. The molecule has 1 N–H and O–H groups in total. The molecule has 0 spiro atoms. The third-order valence-electron chi connectivity index (χ3n) is 3.05. The minimum absolute atomic E-state index is 0.0356. The zero-order chi connectivity index (χ0) is 14.3. The third kappa shape index (κ3) is 4.82. The molecule has 1 aromatic heterocycles. The summed E-state index contributed by atoms with van der Waals surface area (Å²) in [6.07, 6.45) is 0.939. The van der Waals surface area contributed by atoms with E-state index in [4.69, 9.17) is 0 Å². The lowest BCUT2D eigenvalue weighted by molar-refractivity contribution is -0.384. The van der Waals surface area contributed by atoms with Crippen molar-refractivity contribution >= 4 is 11.5 Å². The molecule has 1 heterocycles. The van der Waals surface area contributed by atoms with Crippen molar-refractivity contribution in [1.82, 2.24) is 9.88 Å². The minimum atomic E-state index is -0.404. The standard InChI is InChI=1S/C13H22N4O2/c1-4-16(5-2)10-6-9-14-13-12(17(18)19)8-7-11(3)15-13/h7-8H,4-6,9-10H2,1-3H3,(H,14,15). The van der Waals surface area contributed by atoms with Crippen LogP contribution in [0.5, 0.6) is 0 Å². The van der Waals surface area contributed by atoms with Gasteiger partial charge in [0.2, 0.25) is 5.82 Å². The van der Waals surface area contributed by atoms with Crippen LogP contribution in [0.3, 0.4) is 0 Å². The molecule has 0 fully saturated rings. The van der Waals surface area contributed by atoms with E-state index >= 15 is 0 Å². The average molecular weight is 266 g/mol. The average Bonchev–Trinajstić information content (AvgIpc) is 2.38. The zero-order valence-corrected chi connectivity index (χ0v) is 11.8. The van der Waals surface area contributed by atoms with Gasteiger partial charge in [0.15, 0.2) is 0 Å². The molecule has 0 radical (unpaired) electrons. The Morgan fingerprint density at radius 2 is 2.05 bits per heavy atom. The van der Waals surface area contributed by atoms with Gasteiger partial charge < -0.3 is 10.2 Å². The molecule has 0 aliphatic rings. The van der Waals surface area contributed by atoms with Crippen LogP contribution in [0.4, 0.5) is 11.5 Å². The molecule has 0 saturated carbocycles. The summed E-state index contributed by atoms with van der Waals surface area (Å²) < 4.78 is 0. The second kappa shape index (κ2) is 7.68. The van der Waals surface area contributed by atoms with Crippen molar-refractivity contribution < 1.29 is 4.92 Å². The van der Waals surface area contributed by atoms with Crippen LogP contribution in [0.25, 0.3) is 0 Å². The van der Waals surface area contributed by atoms with Crippen LogP contribution in [0.2, 0.25) is 0 Å². The largest absolute Gasteiger partial charge is 0.364 e. The first-order chi connectivity index (χ1) is 9.08. The number of aryl methyl sites for hydroxylation is 1. The van der Waals surface area contributed by atoms with Crippen LogP contribution in [0.15, 0.2) is 12.1 Å². The Balaban J connectivity index is 2.53. The van der Waals surface area contributed by atoms with E-state index in [0.29, 0.717) is 12.4 Å². The Morgan fingerprint density at radius 1 is 1.37 bits per heavy atom. The highest BCUT2D eigenvalue weighted by Gasteiger charge is 2.14. The summed E-state index contributed by atoms with van der Waals surface area (Å²) in [5, 5.41) is 13.9. The Kier molecular flexibility index (Phi) is 6.21. The molecular formula is C13H22N4O2. The second-order valence-corrected chi connectivity index (χ2v) is 4.38. The number of pyridine rings is 1. The molecule has 0 saturated heterocycles. The zero-order valence-electron chi connectivity index (χ0n) is 11.8. The molecule has 6 heteroatoms. The van der Waals surface area contributed by atoms with Crippen molar-refractivity contribution in [2.75, 3.05) is 31.5 Å². The smallest absolute Gasteiger partial charge is 0.311 e. The SMILES string of the molecule is CCN(CC)CCCNc1nc(C)ccc1[N+](=O)[O-]. The van der Waals surface area contributed by atoms with Gasteiger partial charge in [-0.25, -0.2) is 4.98 Å². The summed E-state index contributed by atoms with van der Waals surface area (Å²) in [6.45, 7) is 9.81. The monoisotopic (exact) mass is 266 g/mol. The molecule has 19 heavy (non-hydrogen) atoms. The molecule has 1 aromatic rings. The highest BCUT2D eigenvalue weighted by atomic mass is 16.6. The van der Waals surface area contributed by atoms with E-state index in [0.717, 1.165) is 31.7 Å². The van der Waals surface area contributed by atoms with Crippen molar-refractivity contribution in [3.63, 3.8) is 0 Å². The number of hydrogen-bond donors (Lipinski definition) is 1. The van der Waals surface area contributed by atoms with Gasteiger partial charge in [0.25, 0.3) is 0 Å². The highest BCUT2D eigenvalue weighted by molar-refractivity contribution is 5.55. The van der Waals surface area contributed by atoms with Gasteiger partial charge in [-0.1, -0.05) is 13.8 Å². The first-order valence-corrected chi connectivity index (χ1v) is 6.66. The maximum atomic E-state index is 10.9. The number of aromatic nitrogens is 1. The maximum Gasteiger partial charge on any atom is 0.311 e. The number of rotatable bonds is 8. The molecule has 0 amide bonds. The van der Waals surface area contributed by atoms with Crippen LogP contribution in [0.1, 0.15) is 26.0 Å². The summed E-state index contributed by atoms with van der Waals surface area (Å²) >= 11 is 0. The van der Waals surface area contributed by atoms with Crippen LogP contribution in [0, 0.1) is 17.0 Å². The summed E-state index contributed by atoms with van der Waals surface area (Å²) in [5.41, 5.74) is 0.810. The van der Waals surface area contributed by atoms with Gasteiger partial charge in [-0.05, 0) is 39.0 Å². The number of hydrogen-bond acceptors (Lipinski definition) is 5. The fourth-order valence-electron chi connectivity index (χ4n) is 1.88. The fraction of sp³-hybridized carbons (Fsp3) is 0.615. The predicted molar refractivity (Wildman–Crippen MR) is 76.5 cm³/mol. The molecule has 0 aliphatic heterocycles. The van der Waals surface area contributed by atoms with E-state index in [2.05, 4.69) is 29.0 Å². The van der Waals surface area contributed by atoms with E-state index in [1.807, 2.05) is 6.92 Å². The van der Waals surface area contributed by atoms with Crippen molar-refractivity contribution in [1.29, 1.82) is 0 Å². The van der Waals surface area contributed by atoms with E-state index in [1.165, 1.54) is 6.07 Å². The molecule has 0 atom stereocenters. The highest BCUT2D eigenvalue weighted by Crippen LogP contribution is 2.21. The Bertz CT molecular complexity index is 419. The van der Waals surface area contributed by atoms with Gasteiger partial charge in [0.1, 0.15) is 0 Å². The number of anilines is 1. The molecule has 0 aromatic carbocycles. The molecule has 0 bridgehead atoms. The quantitative estimate of drug-likeness (QED) is 0.444. The molecule has 0 unspecified atom stereocenters. The number of nitro groups is 1. The van der Waals surface area contributed by atoms with Gasteiger partial charge in [0.05, 0.1) is 4.92 Å². The normalized spacial score (nSPS) is 10.7. The van der Waals surface area contributed by atoms with E-state index in [1.54, 1.807) is 6.07 Å². The van der Waals surface area contributed by atoms with Crippen LogP contribution >= 0.6 is 0 Å². The Morgan fingerprint density at radius 3 is 2.63 bits per heavy atom. The summed E-state index contributed by atoms with van der Waals surface area (Å²) in [6, 6.07) is 3.15. The van der Waals surface area contributed by atoms with Crippen LogP contribution < -0.4 is 5.32 Å². The topological polar surface area (TPSA) is 71.3 Å². The van der Waals surface area contributed by atoms with Gasteiger partial charge in [-0.3, -0.25) is 10.1 Å². The van der Waals surface area contributed by atoms with Gasteiger partial charge in [-0.2, -0.15) is 0 Å². The van der Waals surface area contributed by atoms with Gasteiger partial charge in [0, 0.05) is 18.3 Å². The predicted octanol–water partition coefficient (Wildman–Crippen LogP) is 2.44. The van der Waals surface area contributed by atoms with Crippen molar-refractivity contribution in [3.8, 4) is 0 Å². The molecular weight excluding hydrogens is 244 g/mol. The molecule has 0 aliphatic carbocycles. The van der Waals surface area contributed by atoms with Crippen LogP contribution in [-0.4, -0.2) is 41.0 Å². The van der Waals surface area contributed by atoms with Gasteiger partial charge in [-0.15, -0.1) is 0 Å². The van der Waals surface area contributed by atoms with Crippen molar-refractivity contribution in [2.24, 2.45) is 0 Å². The van der Waals surface area contributed by atoms with Crippen molar-refractivity contribution in [2.45, 2.75) is 27.2 Å². The van der Waals surface area contributed by atoms with Gasteiger partial charge >= 0.3 is 5.69 Å². The Labute approximate surface area is 114 Å². The lowest BCUT2D eigenvalue weighted by atomic mass is 10.3. The number of nitrogens with one attached hydrogen (secondary N) is 1. The van der Waals surface area contributed by atoms with Crippen LogP contribution in [-0.2, 0) is 0 Å². The van der Waals surface area contributed by atoms with E-state index < -0.39 is 4.92 Å². The minimum Gasteiger partial charge on any atom is -0.364 e. The van der Waals surface area contributed by atoms with E-state index in [9.17, 15) is 10.1 Å². The van der Waals surface area contributed by atoms with E-state index in [-0.39, 0.29) is 5.69 Å². The molecule has 1 rings (SSSR count). The maximum absolute atomic E-state index is 10.9. The summed E-state index contributed by atoms with van der Waals surface area (Å²) in [7, 11) is 0. The Hall–Kier alpha value is -1.69. The lowest BCUT2D eigenvalue weighted by Crippen LogP contribution is -2.25. The second-order valence-electron chi connectivity index (χ2n) is 4.38. The first kappa shape index (κ1) is 15.4. The molecule has 6 nitrogen and oxygen atoms in total. The fourth-order valence-corrected chi connectivity index (χ4v) is 1.88. The summed E-state index contributed by atoms with van der Waals surface area (Å²) in [4.78, 5) is 17.0. The first-order valence-electron chi connectivity index (χ1n) is 6.66. The van der Waals surface area contributed by atoms with Crippen molar-refractivity contribution in [3.05, 3.63) is 27.9 Å². The third-order valence-corrected chi connectivity index (χ3v) is 3.05. The lowest BCUT2D eigenvalue weighted by Gasteiger charge is -2.17. The molecule has 106 valence electrons.